The molecule has 0 amide bonds. The number of aromatic nitrogens is 1. The second-order valence-electron chi connectivity index (χ2n) is 4.15. The summed E-state index contributed by atoms with van der Waals surface area (Å²) in [7, 11) is 0. The molecule has 1 heterocycles. The molecule has 3 heteroatoms. The first-order chi connectivity index (χ1) is 8.79. The highest BCUT2D eigenvalue weighted by atomic mass is 16.5. The smallest absolute Gasteiger partial charge is 0.124 e. The van der Waals surface area contributed by atoms with E-state index in [1.54, 1.807) is 0 Å². The molecular formula is C15H18N2O. The van der Waals surface area contributed by atoms with E-state index in [9.17, 15) is 0 Å². The van der Waals surface area contributed by atoms with Crippen molar-refractivity contribution in [3.05, 3.63) is 53.9 Å². The van der Waals surface area contributed by atoms with Crippen molar-refractivity contribution in [2.45, 2.75) is 20.4 Å². The molecule has 0 radical (unpaired) electrons. The normalized spacial score (nSPS) is 10.1. The molecular weight excluding hydrogens is 224 g/mol. The Morgan fingerprint density at radius 2 is 2.06 bits per heavy atom. The maximum atomic E-state index is 5.59. The van der Waals surface area contributed by atoms with Crippen molar-refractivity contribution in [1.82, 2.24) is 4.98 Å². The van der Waals surface area contributed by atoms with Crippen LogP contribution in [0.5, 0.6) is 5.75 Å². The molecule has 2 aromatic rings. The number of benzene rings is 1. The summed E-state index contributed by atoms with van der Waals surface area (Å²) in [4.78, 5) is 4.16. The van der Waals surface area contributed by atoms with Crippen molar-refractivity contribution in [2.24, 2.45) is 0 Å². The van der Waals surface area contributed by atoms with E-state index in [0.717, 1.165) is 29.1 Å². The quantitative estimate of drug-likeness (QED) is 0.872. The standard InChI is InChI=1S/C15H18N2O/c1-3-18-15-7-5-4-6-13(15)10-17-14-8-12(2)9-16-11-14/h4-9,11,17H,3,10H2,1-2H3. The average Bonchev–Trinajstić information content (AvgIpc) is 2.38. The van der Waals surface area contributed by atoms with Gasteiger partial charge >= 0.3 is 0 Å². The van der Waals surface area contributed by atoms with Gasteiger partial charge in [0.2, 0.25) is 0 Å². The first-order valence-electron chi connectivity index (χ1n) is 6.16. The second kappa shape index (κ2) is 6.05. The van der Waals surface area contributed by atoms with Crippen LogP contribution < -0.4 is 10.1 Å². The second-order valence-corrected chi connectivity index (χ2v) is 4.15. The largest absolute Gasteiger partial charge is 0.494 e. The summed E-state index contributed by atoms with van der Waals surface area (Å²) in [5.41, 5.74) is 3.33. The summed E-state index contributed by atoms with van der Waals surface area (Å²) in [6.45, 7) is 5.45. The van der Waals surface area contributed by atoms with Gasteiger partial charge < -0.3 is 10.1 Å². The lowest BCUT2D eigenvalue weighted by Crippen LogP contribution is -2.03. The van der Waals surface area contributed by atoms with Crippen LogP contribution in [0.1, 0.15) is 18.1 Å². The van der Waals surface area contributed by atoms with Crippen molar-refractivity contribution in [3.63, 3.8) is 0 Å². The Morgan fingerprint density at radius 1 is 1.22 bits per heavy atom. The molecule has 18 heavy (non-hydrogen) atoms. The molecule has 0 atom stereocenters. The van der Waals surface area contributed by atoms with Crippen molar-refractivity contribution < 1.29 is 4.74 Å². The number of pyridine rings is 1. The fraction of sp³-hybridized carbons (Fsp3) is 0.267. The fourth-order valence-corrected chi connectivity index (χ4v) is 1.80. The summed E-state index contributed by atoms with van der Waals surface area (Å²) in [5, 5.41) is 3.36. The molecule has 0 spiro atoms. The predicted molar refractivity (Wildman–Crippen MR) is 73.9 cm³/mol. The third-order valence-corrected chi connectivity index (χ3v) is 2.63. The molecule has 1 N–H and O–H groups in total. The van der Waals surface area contributed by atoms with Gasteiger partial charge in [0.05, 0.1) is 12.3 Å². The molecule has 1 aromatic carbocycles. The molecule has 0 saturated heterocycles. The topological polar surface area (TPSA) is 34.1 Å². The maximum absolute atomic E-state index is 5.59. The number of anilines is 1. The van der Waals surface area contributed by atoms with Crippen LogP contribution in [0, 0.1) is 6.92 Å². The summed E-state index contributed by atoms with van der Waals surface area (Å²) in [6, 6.07) is 10.2. The molecule has 0 unspecified atom stereocenters. The van der Waals surface area contributed by atoms with Gasteiger partial charge in [0, 0.05) is 24.5 Å². The van der Waals surface area contributed by atoms with E-state index in [-0.39, 0.29) is 0 Å². The number of hydrogen-bond donors (Lipinski definition) is 1. The van der Waals surface area contributed by atoms with E-state index in [1.165, 1.54) is 0 Å². The summed E-state index contributed by atoms with van der Waals surface area (Å²) >= 11 is 0. The monoisotopic (exact) mass is 242 g/mol. The van der Waals surface area contributed by atoms with Crippen LogP contribution in [0.25, 0.3) is 0 Å². The van der Waals surface area contributed by atoms with Crippen LogP contribution in [0.3, 0.4) is 0 Å². The fourth-order valence-electron chi connectivity index (χ4n) is 1.80. The van der Waals surface area contributed by atoms with Gasteiger partial charge in [-0.15, -0.1) is 0 Å². The van der Waals surface area contributed by atoms with Crippen LogP contribution in [0.2, 0.25) is 0 Å². The minimum absolute atomic E-state index is 0.684. The van der Waals surface area contributed by atoms with Crippen molar-refractivity contribution in [1.29, 1.82) is 0 Å². The lowest BCUT2D eigenvalue weighted by molar-refractivity contribution is 0.337. The van der Waals surface area contributed by atoms with Crippen molar-refractivity contribution in [2.75, 3.05) is 11.9 Å². The lowest BCUT2D eigenvalue weighted by Gasteiger charge is -2.11. The molecule has 1 aromatic heterocycles. The number of aryl methyl sites for hydroxylation is 1. The highest BCUT2D eigenvalue weighted by Crippen LogP contribution is 2.19. The summed E-state index contributed by atoms with van der Waals surface area (Å²) in [5.74, 6) is 0.938. The first-order valence-corrected chi connectivity index (χ1v) is 6.16. The minimum Gasteiger partial charge on any atom is -0.494 e. The van der Waals surface area contributed by atoms with E-state index in [2.05, 4.69) is 22.4 Å². The molecule has 3 nitrogen and oxygen atoms in total. The van der Waals surface area contributed by atoms with Gasteiger partial charge in [-0.2, -0.15) is 0 Å². The molecule has 0 fully saturated rings. The van der Waals surface area contributed by atoms with Gasteiger partial charge in [0.1, 0.15) is 5.75 Å². The van der Waals surface area contributed by atoms with E-state index >= 15 is 0 Å². The van der Waals surface area contributed by atoms with Crippen LogP contribution in [0.4, 0.5) is 5.69 Å². The van der Waals surface area contributed by atoms with Gasteiger partial charge in [-0.05, 0) is 31.5 Å². The number of nitrogens with zero attached hydrogens (tertiary/aromatic N) is 1. The molecule has 0 aliphatic heterocycles. The van der Waals surface area contributed by atoms with Crippen molar-refractivity contribution in [3.8, 4) is 5.75 Å². The summed E-state index contributed by atoms with van der Waals surface area (Å²) < 4.78 is 5.59. The Bertz CT molecular complexity index is 511. The zero-order valence-electron chi connectivity index (χ0n) is 10.8. The molecule has 0 saturated carbocycles. The number of ether oxygens (including phenoxy) is 1. The Morgan fingerprint density at radius 3 is 2.83 bits per heavy atom. The highest BCUT2D eigenvalue weighted by Gasteiger charge is 2.02. The van der Waals surface area contributed by atoms with E-state index in [4.69, 9.17) is 4.74 Å². The van der Waals surface area contributed by atoms with Crippen LogP contribution in [-0.4, -0.2) is 11.6 Å². The van der Waals surface area contributed by atoms with Crippen LogP contribution >= 0.6 is 0 Å². The number of para-hydroxylation sites is 1. The highest BCUT2D eigenvalue weighted by molar-refractivity contribution is 5.44. The Kier molecular flexibility index (Phi) is 4.18. The predicted octanol–water partition coefficient (Wildman–Crippen LogP) is 3.40. The Labute approximate surface area is 108 Å². The SMILES string of the molecule is CCOc1ccccc1CNc1cncc(C)c1. The molecule has 0 bridgehead atoms. The number of hydrogen-bond acceptors (Lipinski definition) is 3. The third-order valence-electron chi connectivity index (χ3n) is 2.63. The van der Waals surface area contributed by atoms with E-state index < -0.39 is 0 Å². The van der Waals surface area contributed by atoms with Gasteiger partial charge in [0.25, 0.3) is 0 Å². The average molecular weight is 242 g/mol. The van der Waals surface area contributed by atoms with Gasteiger partial charge in [-0.25, -0.2) is 0 Å². The van der Waals surface area contributed by atoms with Crippen LogP contribution in [0.15, 0.2) is 42.7 Å². The summed E-state index contributed by atoms with van der Waals surface area (Å²) in [6.07, 6.45) is 3.68. The third kappa shape index (κ3) is 3.23. The molecule has 2 rings (SSSR count). The molecule has 0 aliphatic carbocycles. The van der Waals surface area contributed by atoms with E-state index in [0.29, 0.717) is 6.61 Å². The number of nitrogens with one attached hydrogen (secondary N) is 1. The number of rotatable bonds is 5. The van der Waals surface area contributed by atoms with Gasteiger partial charge in [0.15, 0.2) is 0 Å². The van der Waals surface area contributed by atoms with Crippen LogP contribution in [-0.2, 0) is 6.54 Å². The zero-order valence-corrected chi connectivity index (χ0v) is 10.8. The first kappa shape index (κ1) is 12.4. The molecule has 94 valence electrons. The Balaban J connectivity index is 2.06. The van der Waals surface area contributed by atoms with Gasteiger partial charge in [-0.1, -0.05) is 18.2 Å². The zero-order chi connectivity index (χ0) is 12.8. The van der Waals surface area contributed by atoms with Gasteiger partial charge in [-0.3, -0.25) is 4.98 Å². The van der Waals surface area contributed by atoms with Crippen molar-refractivity contribution >= 4 is 5.69 Å². The lowest BCUT2D eigenvalue weighted by atomic mass is 10.2. The van der Waals surface area contributed by atoms with E-state index in [1.807, 2.05) is 44.4 Å². The maximum Gasteiger partial charge on any atom is 0.124 e. The minimum atomic E-state index is 0.684. The molecule has 0 aliphatic rings. The Hall–Kier alpha value is -2.03.